The summed E-state index contributed by atoms with van der Waals surface area (Å²) in [6.45, 7) is 0.855. The molecule has 102 valence electrons. The zero-order chi connectivity index (χ0) is 13.7. The maximum absolute atomic E-state index is 12.0. The van der Waals surface area contributed by atoms with Crippen molar-refractivity contribution >= 4 is 10.0 Å². The molecule has 0 atom stereocenters. The minimum Gasteiger partial charge on any atom is -0.347 e. The predicted molar refractivity (Wildman–Crippen MR) is 71.8 cm³/mol. The van der Waals surface area contributed by atoms with E-state index in [1.165, 1.54) is 0 Å². The molecule has 7 heteroatoms. The second-order valence-electron chi connectivity index (χ2n) is 4.03. The summed E-state index contributed by atoms with van der Waals surface area (Å²) in [5.74, 6) is 0.579. The van der Waals surface area contributed by atoms with Crippen molar-refractivity contribution < 1.29 is 8.42 Å². The number of benzene rings is 1. The van der Waals surface area contributed by atoms with Crippen LogP contribution in [0.4, 0.5) is 0 Å². The highest BCUT2D eigenvalue weighted by Crippen LogP contribution is 2.10. The quantitative estimate of drug-likeness (QED) is 0.723. The number of sulfonamides is 1. The lowest BCUT2D eigenvalue weighted by atomic mass is 10.2. The van der Waals surface area contributed by atoms with E-state index in [9.17, 15) is 8.42 Å². The van der Waals surface area contributed by atoms with Gasteiger partial charge in [-0.3, -0.25) is 0 Å². The summed E-state index contributed by atoms with van der Waals surface area (Å²) in [5.41, 5.74) is 1.03. The Hall–Kier alpha value is -1.70. The molecule has 0 bridgehead atoms. The van der Waals surface area contributed by atoms with Crippen molar-refractivity contribution in [2.75, 3.05) is 7.05 Å². The zero-order valence-corrected chi connectivity index (χ0v) is 11.4. The zero-order valence-electron chi connectivity index (χ0n) is 10.6. The topological polar surface area (TPSA) is 86.9 Å². The van der Waals surface area contributed by atoms with E-state index in [1.807, 2.05) is 7.05 Å². The summed E-state index contributed by atoms with van der Waals surface area (Å²) in [4.78, 5) is 7.05. The molecule has 6 nitrogen and oxygen atoms in total. The molecule has 19 heavy (non-hydrogen) atoms. The predicted octanol–water partition coefficient (Wildman–Crippen LogP) is 0.608. The Kier molecular flexibility index (Phi) is 4.31. The number of nitrogens with zero attached hydrogens (tertiary/aromatic N) is 1. The van der Waals surface area contributed by atoms with Gasteiger partial charge in [-0.25, -0.2) is 18.1 Å². The summed E-state index contributed by atoms with van der Waals surface area (Å²) in [5, 5.41) is 3.01. The van der Waals surface area contributed by atoms with Crippen molar-refractivity contribution in [3.05, 3.63) is 48.0 Å². The Bertz CT molecular complexity index is 606. The molecule has 0 amide bonds. The minimum absolute atomic E-state index is 0.146. The van der Waals surface area contributed by atoms with Crippen LogP contribution in [0.5, 0.6) is 0 Å². The standard InChI is InChI=1S/C12H16N4O2S/c1-13-8-10-2-4-11(5-3-10)19(17,18)16-9-12-14-6-7-15-12/h2-7,13,16H,8-9H2,1H3,(H,14,15). The van der Waals surface area contributed by atoms with Crippen molar-refractivity contribution in [1.82, 2.24) is 20.0 Å². The monoisotopic (exact) mass is 280 g/mol. The lowest BCUT2D eigenvalue weighted by Gasteiger charge is -2.06. The van der Waals surface area contributed by atoms with Crippen LogP contribution in [0.15, 0.2) is 41.6 Å². The van der Waals surface area contributed by atoms with Crippen LogP contribution >= 0.6 is 0 Å². The van der Waals surface area contributed by atoms with Gasteiger partial charge < -0.3 is 10.3 Å². The van der Waals surface area contributed by atoms with E-state index < -0.39 is 10.0 Å². The van der Waals surface area contributed by atoms with Crippen molar-refractivity contribution in [1.29, 1.82) is 0 Å². The van der Waals surface area contributed by atoms with Gasteiger partial charge in [0.15, 0.2) is 0 Å². The molecule has 1 aromatic carbocycles. The van der Waals surface area contributed by atoms with Gasteiger partial charge in [-0.1, -0.05) is 12.1 Å². The third kappa shape index (κ3) is 3.63. The molecule has 0 saturated heterocycles. The first-order chi connectivity index (χ1) is 9.12. The van der Waals surface area contributed by atoms with Gasteiger partial charge in [-0.05, 0) is 24.7 Å². The van der Waals surface area contributed by atoms with Crippen molar-refractivity contribution in [3.8, 4) is 0 Å². The van der Waals surface area contributed by atoms with Crippen molar-refractivity contribution in [3.63, 3.8) is 0 Å². The third-order valence-corrected chi connectivity index (χ3v) is 4.02. The third-order valence-electron chi connectivity index (χ3n) is 2.60. The molecule has 1 heterocycles. The molecule has 0 aliphatic carbocycles. The van der Waals surface area contributed by atoms with E-state index in [0.29, 0.717) is 12.4 Å². The van der Waals surface area contributed by atoms with Gasteiger partial charge in [0, 0.05) is 18.9 Å². The summed E-state index contributed by atoms with van der Waals surface area (Å²) in [6.07, 6.45) is 3.23. The second-order valence-corrected chi connectivity index (χ2v) is 5.80. The first kappa shape index (κ1) is 13.7. The fraction of sp³-hybridized carbons (Fsp3) is 0.250. The Balaban J connectivity index is 2.06. The van der Waals surface area contributed by atoms with E-state index >= 15 is 0 Å². The summed E-state index contributed by atoms with van der Waals surface area (Å²) in [6, 6.07) is 6.77. The van der Waals surface area contributed by atoms with E-state index in [0.717, 1.165) is 5.56 Å². The highest BCUT2D eigenvalue weighted by atomic mass is 32.2. The Labute approximate surface area is 112 Å². The van der Waals surface area contributed by atoms with Crippen LogP contribution in [-0.4, -0.2) is 25.4 Å². The average molecular weight is 280 g/mol. The summed E-state index contributed by atoms with van der Waals surface area (Å²) >= 11 is 0. The number of aromatic nitrogens is 2. The summed E-state index contributed by atoms with van der Waals surface area (Å²) < 4.78 is 26.5. The Morgan fingerprint density at radius 3 is 2.53 bits per heavy atom. The molecular formula is C12H16N4O2S. The minimum atomic E-state index is -3.50. The van der Waals surface area contributed by atoms with Gasteiger partial charge in [0.2, 0.25) is 10.0 Å². The molecule has 0 spiro atoms. The van der Waals surface area contributed by atoms with E-state index in [4.69, 9.17) is 0 Å². The highest BCUT2D eigenvalue weighted by molar-refractivity contribution is 7.89. The first-order valence-corrected chi connectivity index (χ1v) is 7.31. The molecule has 0 radical (unpaired) electrons. The molecule has 0 saturated carbocycles. The summed E-state index contributed by atoms with van der Waals surface area (Å²) in [7, 11) is -1.66. The maximum atomic E-state index is 12.0. The number of H-pyrrole nitrogens is 1. The normalized spacial score (nSPS) is 11.6. The first-order valence-electron chi connectivity index (χ1n) is 5.83. The van der Waals surface area contributed by atoms with Crippen molar-refractivity contribution in [2.24, 2.45) is 0 Å². The number of imidazole rings is 1. The molecule has 0 aliphatic heterocycles. The fourth-order valence-corrected chi connectivity index (χ4v) is 2.62. The van der Waals surface area contributed by atoms with Crippen LogP contribution in [0.2, 0.25) is 0 Å². The smallest absolute Gasteiger partial charge is 0.240 e. The number of rotatable bonds is 6. The number of hydrogen-bond acceptors (Lipinski definition) is 4. The van der Waals surface area contributed by atoms with E-state index in [1.54, 1.807) is 36.7 Å². The SMILES string of the molecule is CNCc1ccc(S(=O)(=O)NCc2ncc[nH]2)cc1. The van der Waals surface area contributed by atoms with Crippen LogP contribution in [0.25, 0.3) is 0 Å². The van der Waals surface area contributed by atoms with Gasteiger partial charge in [0.1, 0.15) is 5.82 Å². The van der Waals surface area contributed by atoms with Crippen LogP contribution in [0.3, 0.4) is 0 Å². The van der Waals surface area contributed by atoms with E-state index in [2.05, 4.69) is 20.0 Å². The number of aromatic amines is 1. The molecular weight excluding hydrogens is 264 g/mol. The lowest BCUT2D eigenvalue weighted by Crippen LogP contribution is -2.23. The largest absolute Gasteiger partial charge is 0.347 e. The van der Waals surface area contributed by atoms with Gasteiger partial charge in [-0.2, -0.15) is 0 Å². The molecule has 0 unspecified atom stereocenters. The Morgan fingerprint density at radius 1 is 1.21 bits per heavy atom. The maximum Gasteiger partial charge on any atom is 0.240 e. The van der Waals surface area contributed by atoms with Gasteiger partial charge in [-0.15, -0.1) is 0 Å². The van der Waals surface area contributed by atoms with Crippen LogP contribution in [0.1, 0.15) is 11.4 Å². The van der Waals surface area contributed by atoms with Crippen LogP contribution < -0.4 is 10.0 Å². The molecule has 0 aliphatic rings. The molecule has 3 N–H and O–H groups in total. The van der Waals surface area contributed by atoms with Crippen LogP contribution in [0, 0.1) is 0 Å². The second kappa shape index (κ2) is 5.96. The fourth-order valence-electron chi connectivity index (χ4n) is 1.63. The van der Waals surface area contributed by atoms with Crippen molar-refractivity contribution in [2.45, 2.75) is 18.0 Å². The molecule has 2 rings (SSSR count). The Morgan fingerprint density at radius 2 is 1.95 bits per heavy atom. The van der Waals surface area contributed by atoms with Gasteiger partial charge in [0.05, 0.1) is 11.4 Å². The molecule has 0 fully saturated rings. The molecule has 2 aromatic rings. The lowest BCUT2D eigenvalue weighted by molar-refractivity contribution is 0.579. The highest BCUT2D eigenvalue weighted by Gasteiger charge is 2.13. The molecule has 1 aromatic heterocycles. The number of hydrogen-bond donors (Lipinski definition) is 3. The van der Waals surface area contributed by atoms with E-state index in [-0.39, 0.29) is 11.4 Å². The van der Waals surface area contributed by atoms with Gasteiger partial charge in [0.25, 0.3) is 0 Å². The number of nitrogens with one attached hydrogen (secondary N) is 3. The van der Waals surface area contributed by atoms with Gasteiger partial charge >= 0.3 is 0 Å². The van der Waals surface area contributed by atoms with Crippen LogP contribution in [-0.2, 0) is 23.1 Å². The average Bonchev–Trinajstić information content (AvgIpc) is 2.91.